The second-order valence-electron chi connectivity index (χ2n) is 4.68. The van der Waals surface area contributed by atoms with Gasteiger partial charge in [-0.15, -0.1) is 0 Å². The van der Waals surface area contributed by atoms with Crippen LogP contribution < -0.4 is 5.32 Å². The first-order chi connectivity index (χ1) is 7.93. The molecule has 0 saturated heterocycles. The van der Waals surface area contributed by atoms with Crippen LogP contribution in [0.1, 0.15) is 38.5 Å². The quantitative estimate of drug-likeness (QED) is 0.598. The Hall–Kier alpha value is 0.270. The van der Waals surface area contributed by atoms with E-state index >= 15 is 0 Å². The molecule has 3 heteroatoms. The Morgan fingerprint density at radius 2 is 2.00 bits per heavy atom. The molecule has 0 aliphatic heterocycles. The summed E-state index contributed by atoms with van der Waals surface area (Å²) < 4.78 is 4.98. The number of methoxy groups -OCH3 is 1. The molecule has 1 aliphatic carbocycles. The summed E-state index contributed by atoms with van der Waals surface area (Å²) >= 11 is 2.17. The molecule has 0 atom stereocenters. The Kier molecular flexibility index (Phi) is 9.34. The van der Waals surface area contributed by atoms with Crippen LogP contribution in [-0.4, -0.2) is 38.3 Å². The first-order valence-electron chi connectivity index (χ1n) is 6.71. The van der Waals surface area contributed by atoms with Crippen LogP contribution in [0.2, 0.25) is 0 Å². The zero-order chi connectivity index (χ0) is 11.5. The number of rotatable bonds is 10. The zero-order valence-electron chi connectivity index (χ0n) is 10.7. The van der Waals surface area contributed by atoms with Crippen molar-refractivity contribution in [2.24, 2.45) is 5.92 Å². The molecule has 0 radical (unpaired) electrons. The number of hydrogen-bond donors (Lipinski definition) is 1. The van der Waals surface area contributed by atoms with Gasteiger partial charge in [-0.2, -0.15) is 11.8 Å². The van der Waals surface area contributed by atoms with E-state index in [1.807, 2.05) is 0 Å². The van der Waals surface area contributed by atoms with E-state index in [9.17, 15) is 0 Å². The minimum atomic E-state index is 0.830. The molecule has 0 aromatic rings. The minimum absolute atomic E-state index is 0.830. The predicted octanol–water partition coefficient (Wildman–Crippen LogP) is 2.93. The van der Waals surface area contributed by atoms with Gasteiger partial charge in [0, 0.05) is 13.7 Å². The molecule has 1 saturated carbocycles. The lowest BCUT2D eigenvalue weighted by Crippen LogP contribution is -2.20. The Balaban J connectivity index is 1.71. The molecular weight excluding hydrogens is 218 g/mol. The predicted molar refractivity (Wildman–Crippen MR) is 73.3 cm³/mol. The Morgan fingerprint density at radius 3 is 2.75 bits per heavy atom. The minimum Gasteiger partial charge on any atom is -0.383 e. The highest BCUT2D eigenvalue weighted by molar-refractivity contribution is 7.99. The monoisotopic (exact) mass is 245 g/mol. The fraction of sp³-hybridized carbons (Fsp3) is 1.00. The van der Waals surface area contributed by atoms with Crippen LogP contribution in [0.15, 0.2) is 0 Å². The molecule has 1 rings (SSSR count). The van der Waals surface area contributed by atoms with Crippen molar-refractivity contribution in [1.82, 2.24) is 5.32 Å². The van der Waals surface area contributed by atoms with Crippen molar-refractivity contribution < 1.29 is 4.74 Å². The summed E-state index contributed by atoms with van der Waals surface area (Å²) in [7, 11) is 1.75. The van der Waals surface area contributed by atoms with E-state index in [1.54, 1.807) is 7.11 Å². The van der Waals surface area contributed by atoms with Crippen molar-refractivity contribution in [3.63, 3.8) is 0 Å². The molecule has 1 fully saturated rings. The third kappa shape index (κ3) is 7.53. The van der Waals surface area contributed by atoms with Crippen molar-refractivity contribution in [3.05, 3.63) is 0 Å². The number of ether oxygens (including phenoxy) is 1. The number of unbranched alkanes of at least 4 members (excludes halogenated alkanes) is 1. The van der Waals surface area contributed by atoms with Crippen molar-refractivity contribution >= 4 is 11.8 Å². The lowest BCUT2D eigenvalue weighted by molar-refractivity contribution is 0.199. The van der Waals surface area contributed by atoms with E-state index in [1.165, 1.54) is 50.0 Å². The molecule has 0 amide bonds. The van der Waals surface area contributed by atoms with E-state index in [2.05, 4.69) is 17.1 Å². The third-order valence-electron chi connectivity index (χ3n) is 3.20. The van der Waals surface area contributed by atoms with Crippen molar-refractivity contribution in [2.75, 3.05) is 38.3 Å². The lowest BCUT2D eigenvalue weighted by Gasteiger charge is -2.08. The second-order valence-corrected chi connectivity index (χ2v) is 5.83. The molecule has 0 unspecified atom stereocenters. The van der Waals surface area contributed by atoms with Crippen molar-refractivity contribution in [3.8, 4) is 0 Å². The van der Waals surface area contributed by atoms with Crippen LogP contribution in [0.5, 0.6) is 0 Å². The summed E-state index contributed by atoms with van der Waals surface area (Å²) in [5.74, 6) is 3.81. The van der Waals surface area contributed by atoms with Gasteiger partial charge in [0.2, 0.25) is 0 Å². The van der Waals surface area contributed by atoms with Gasteiger partial charge in [0.05, 0.1) is 6.61 Å². The maximum absolute atomic E-state index is 4.98. The van der Waals surface area contributed by atoms with Crippen molar-refractivity contribution in [2.45, 2.75) is 38.5 Å². The van der Waals surface area contributed by atoms with Crippen LogP contribution >= 0.6 is 11.8 Å². The van der Waals surface area contributed by atoms with Crippen LogP contribution in [0.3, 0.4) is 0 Å². The highest BCUT2D eigenvalue weighted by atomic mass is 32.2. The molecule has 96 valence electrons. The number of hydrogen-bond acceptors (Lipinski definition) is 3. The summed E-state index contributed by atoms with van der Waals surface area (Å²) in [6, 6.07) is 0. The van der Waals surface area contributed by atoms with Crippen molar-refractivity contribution in [1.29, 1.82) is 0 Å². The summed E-state index contributed by atoms with van der Waals surface area (Å²) in [5, 5.41) is 3.38. The fourth-order valence-corrected chi connectivity index (χ4v) is 3.42. The van der Waals surface area contributed by atoms with Gasteiger partial charge in [-0.1, -0.05) is 12.8 Å². The van der Waals surface area contributed by atoms with Gasteiger partial charge in [-0.05, 0) is 49.7 Å². The van der Waals surface area contributed by atoms with Gasteiger partial charge >= 0.3 is 0 Å². The molecule has 0 heterocycles. The van der Waals surface area contributed by atoms with E-state index in [0.29, 0.717) is 0 Å². The number of nitrogens with one attached hydrogen (secondary N) is 1. The summed E-state index contributed by atoms with van der Waals surface area (Å²) in [6.45, 7) is 2.97. The summed E-state index contributed by atoms with van der Waals surface area (Å²) in [5.41, 5.74) is 0. The maximum Gasteiger partial charge on any atom is 0.0587 e. The summed E-state index contributed by atoms with van der Waals surface area (Å²) in [6.07, 6.45) is 8.61. The average Bonchev–Trinajstić information content (AvgIpc) is 2.80. The maximum atomic E-state index is 4.98. The lowest BCUT2D eigenvalue weighted by atomic mass is 10.1. The fourth-order valence-electron chi connectivity index (χ4n) is 2.18. The van der Waals surface area contributed by atoms with E-state index in [4.69, 9.17) is 4.74 Å². The topological polar surface area (TPSA) is 21.3 Å². The highest BCUT2D eigenvalue weighted by Crippen LogP contribution is 2.27. The van der Waals surface area contributed by atoms with Gasteiger partial charge in [0.15, 0.2) is 0 Å². The third-order valence-corrected chi connectivity index (χ3v) is 4.49. The molecule has 0 spiro atoms. The van der Waals surface area contributed by atoms with Gasteiger partial charge in [0.25, 0.3) is 0 Å². The first-order valence-corrected chi connectivity index (χ1v) is 7.86. The number of thioether (sulfide) groups is 1. The van der Waals surface area contributed by atoms with Gasteiger partial charge in [-0.3, -0.25) is 0 Å². The largest absolute Gasteiger partial charge is 0.383 e. The molecule has 1 N–H and O–H groups in total. The van der Waals surface area contributed by atoms with Gasteiger partial charge in [-0.25, -0.2) is 0 Å². The Bertz CT molecular complexity index is 149. The molecule has 16 heavy (non-hydrogen) atoms. The SMILES string of the molecule is COCCNCCCCSCC1CCCC1. The first kappa shape index (κ1) is 14.3. The Labute approximate surface area is 105 Å². The average molecular weight is 245 g/mol. The standard InChI is InChI=1S/C13H27NOS/c1-15-10-9-14-8-4-5-11-16-12-13-6-2-3-7-13/h13-14H,2-12H2,1H3. The van der Waals surface area contributed by atoms with Gasteiger partial charge < -0.3 is 10.1 Å². The second kappa shape index (κ2) is 10.4. The van der Waals surface area contributed by atoms with E-state index in [0.717, 1.165) is 25.6 Å². The van der Waals surface area contributed by atoms with E-state index < -0.39 is 0 Å². The van der Waals surface area contributed by atoms with Crippen LogP contribution in [0.4, 0.5) is 0 Å². The molecule has 0 aromatic carbocycles. The summed E-state index contributed by atoms with van der Waals surface area (Å²) in [4.78, 5) is 0. The molecule has 1 aliphatic rings. The van der Waals surface area contributed by atoms with E-state index in [-0.39, 0.29) is 0 Å². The van der Waals surface area contributed by atoms with Gasteiger partial charge in [0.1, 0.15) is 0 Å². The van der Waals surface area contributed by atoms with Crippen LogP contribution in [0.25, 0.3) is 0 Å². The molecular formula is C13H27NOS. The Morgan fingerprint density at radius 1 is 1.19 bits per heavy atom. The van der Waals surface area contributed by atoms with Crippen LogP contribution in [0, 0.1) is 5.92 Å². The smallest absolute Gasteiger partial charge is 0.0587 e. The zero-order valence-corrected chi connectivity index (χ0v) is 11.5. The molecule has 0 aromatic heterocycles. The normalized spacial score (nSPS) is 17.1. The highest BCUT2D eigenvalue weighted by Gasteiger charge is 2.13. The van der Waals surface area contributed by atoms with Crippen LogP contribution in [-0.2, 0) is 4.74 Å². The molecule has 2 nitrogen and oxygen atoms in total. The molecule has 0 bridgehead atoms.